The van der Waals surface area contributed by atoms with Gasteiger partial charge < -0.3 is 5.32 Å². The average Bonchev–Trinajstić information content (AvgIpc) is 2.45. The molecule has 2 rings (SSSR count). The number of rotatable bonds is 5. The number of benzene rings is 2. The molecule has 1 N–H and O–H groups in total. The molecule has 0 saturated heterocycles. The van der Waals surface area contributed by atoms with Crippen LogP contribution in [0.25, 0.3) is 0 Å². The molecule has 0 aliphatic rings. The van der Waals surface area contributed by atoms with Gasteiger partial charge in [0, 0.05) is 0 Å². The third-order valence-electron chi connectivity index (χ3n) is 3.77. The lowest BCUT2D eigenvalue weighted by Gasteiger charge is -2.18. The van der Waals surface area contributed by atoms with Gasteiger partial charge in [0.15, 0.2) is 0 Å². The maximum Gasteiger partial charge on any atom is 0.126 e. The van der Waals surface area contributed by atoms with E-state index >= 15 is 0 Å². The fraction of sp³-hybridized carbons (Fsp3) is 0.368. The smallest absolute Gasteiger partial charge is 0.126 e. The molecule has 2 aromatic carbocycles. The van der Waals surface area contributed by atoms with Gasteiger partial charge in [-0.3, -0.25) is 0 Å². The highest BCUT2D eigenvalue weighted by atomic mass is 19.1. The van der Waals surface area contributed by atoms with Gasteiger partial charge in [0.25, 0.3) is 0 Å². The average molecular weight is 285 g/mol. The standard InChI is InChI=1S/C19H24FN/c1-13(2)11-15-6-9-16(10-7-15)19(21-4)17-8-5-14(3)18(20)12-17/h5-10,12-13,19,21H,11H2,1-4H3. The van der Waals surface area contributed by atoms with E-state index < -0.39 is 0 Å². The summed E-state index contributed by atoms with van der Waals surface area (Å²) in [6.45, 7) is 6.23. The first kappa shape index (κ1) is 15.7. The van der Waals surface area contributed by atoms with E-state index in [0.29, 0.717) is 11.5 Å². The summed E-state index contributed by atoms with van der Waals surface area (Å²) in [6, 6.07) is 14.1. The van der Waals surface area contributed by atoms with Crippen molar-refractivity contribution in [3.05, 3.63) is 70.5 Å². The summed E-state index contributed by atoms with van der Waals surface area (Å²) in [4.78, 5) is 0. The Morgan fingerprint density at radius 2 is 1.62 bits per heavy atom. The first-order chi connectivity index (χ1) is 10.0. The summed E-state index contributed by atoms with van der Waals surface area (Å²) in [7, 11) is 1.91. The van der Waals surface area contributed by atoms with Crippen molar-refractivity contribution in [2.24, 2.45) is 5.92 Å². The molecule has 0 aliphatic heterocycles. The van der Waals surface area contributed by atoms with Crippen molar-refractivity contribution < 1.29 is 4.39 Å². The van der Waals surface area contributed by atoms with Gasteiger partial charge in [0.1, 0.15) is 5.82 Å². The van der Waals surface area contributed by atoms with Crippen molar-refractivity contribution in [3.63, 3.8) is 0 Å². The van der Waals surface area contributed by atoms with E-state index in [1.165, 1.54) is 5.56 Å². The fourth-order valence-electron chi connectivity index (χ4n) is 2.63. The van der Waals surface area contributed by atoms with Crippen LogP contribution in [-0.2, 0) is 6.42 Å². The monoisotopic (exact) mass is 285 g/mol. The van der Waals surface area contributed by atoms with Crippen LogP contribution in [0.1, 0.15) is 42.1 Å². The van der Waals surface area contributed by atoms with Crippen LogP contribution in [0.2, 0.25) is 0 Å². The first-order valence-electron chi connectivity index (χ1n) is 7.53. The Balaban J connectivity index is 2.26. The molecule has 0 aromatic heterocycles. The number of nitrogens with one attached hydrogen (secondary N) is 1. The predicted octanol–water partition coefficient (Wildman–Crippen LogP) is 4.64. The summed E-state index contributed by atoms with van der Waals surface area (Å²) >= 11 is 0. The van der Waals surface area contributed by atoms with Gasteiger partial charge in [-0.05, 0) is 54.6 Å². The van der Waals surface area contributed by atoms with Crippen molar-refractivity contribution in [2.45, 2.75) is 33.2 Å². The second-order valence-electron chi connectivity index (χ2n) is 6.07. The minimum absolute atomic E-state index is 0.0215. The number of hydrogen-bond donors (Lipinski definition) is 1. The maximum atomic E-state index is 13.8. The molecule has 0 aliphatic carbocycles. The summed E-state index contributed by atoms with van der Waals surface area (Å²) in [5, 5.41) is 3.27. The highest BCUT2D eigenvalue weighted by molar-refractivity contribution is 5.35. The molecule has 0 bridgehead atoms. The molecule has 1 nitrogen and oxygen atoms in total. The van der Waals surface area contributed by atoms with Crippen LogP contribution in [0.15, 0.2) is 42.5 Å². The Labute approximate surface area is 127 Å². The van der Waals surface area contributed by atoms with Gasteiger partial charge in [-0.25, -0.2) is 4.39 Å². The van der Waals surface area contributed by atoms with Crippen molar-refractivity contribution >= 4 is 0 Å². The van der Waals surface area contributed by atoms with E-state index in [9.17, 15) is 4.39 Å². The Morgan fingerprint density at radius 1 is 1.00 bits per heavy atom. The van der Waals surface area contributed by atoms with Gasteiger partial charge in [-0.15, -0.1) is 0 Å². The third-order valence-corrected chi connectivity index (χ3v) is 3.77. The molecule has 0 spiro atoms. The minimum Gasteiger partial charge on any atom is -0.309 e. The molecule has 0 fully saturated rings. The lowest BCUT2D eigenvalue weighted by Crippen LogP contribution is -2.18. The van der Waals surface area contributed by atoms with Crippen LogP contribution in [-0.4, -0.2) is 7.05 Å². The van der Waals surface area contributed by atoms with Crippen LogP contribution >= 0.6 is 0 Å². The van der Waals surface area contributed by atoms with Crippen LogP contribution < -0.4 is 5.32 Å². The van der Waals surface area contributed by atoms with E-state index in [1.807, 2.05) is 19.2 Å². The molecule has 112 valence electrons. The van der Waals surface area contributed by atoms with Crippen molar-refractivity contribution in [3.8, 4) is 0 Å². The van der Waals surface area contributed by atoms with Crippen molar-refractivity contribution in [1.29, 1.82) is 0 Å². The molecule has 0 saturated carbocycles. The van der Waals surface area contributed by atoms with Crippen LogP contribution in [0, 0.1) is 18.7 Å². The van der Waals surface area contributed by atoms with Gasteiger partial charge in [-0.2, -0.15) is 0 Å². The Kier molecular flexibility index (Phi) is 5.13. The second-order valence-corrected chi connectivity index (χ2v) is 6.07. The summed E-state index contributed by atoms with van der Waals surface area (Å²) in [5.41, 5.74) is 4.14. The second kappa shape index (κ2) is 6.86. The van der Waals surface area contributed by atoms with Gasteiger partial charge in [0.05, 0.1) is 6.04 Å². The van der Waals surface area contributed by atoms with E-state index in [2.05, 4.69) is 43.4 Å². The molecule has 0 radical (unpaired) electrons. The normalized spacial score (nSPS) is 12.7. The lowest BCUT2D eigenvalue weighted by molar-refractivity contribution is 0.608. The van der Waals surface area contributed by atoms with Gasteiger partial charge in [0.2, 0.25) is 0 Å². The molecule has 21 heavy (non-hydrogen) atoms. The largest absolute Gasteiger partial charge is 0.309 e. The Bertz CT molecular complexity index is 587. The van der Waals surface area contributed by atoms with E-state index in [4.69, 9.17) is 0 Å². The fourth-order valence-corrected chi connectivity index (χ4v) is 2.63. The zero-order chi connectivity index (χ0) is 15.4. The summed E-state index contributed by atoms with van der Waals surface area (Å²) in [5.74, 6) is 0.506. The Hall–Kier alpha value is -1.67. The van der Waals surface area contributed by atoms with Crippen molar-refractivity contribution in [1.82, 2.24) is 5.32 Å². The molecule has 1 unspecified atom stereocenters. The van der Waals surface area contributed by atoms with Crippen LogP contribution in [0.4, 0.5) is 4.39 Å². The topological polar surface area (TPSA) is 12.0 Å². The number of hydrogen-bond acceptors (Lipinski definition) is 1. The Morgan fingerprint density at radius 3 is 2.14 bits per heavy atom. The molecule has 0 heterocycles. The van der Waals surface area contributed by atoms with E-state index in [0.717, 1.165) is 17.5 Å². The maximum absolute atomic E-state index is 13.8. The zero-order valence-electron chi connectivity index (χ0n) is 13.3. The molecule has 2 heteroatoms. The minimum atomic E-state index is -0.149. The van der Waals surface area contributed by atoms with Crippen LogP contribution in [0.3, 0.4) is 0 Å². The van der Waals surface area contributed by atoms with Crippen LogP contribution in [0.5, 0.6) is 0 Å². The molecular formula is C19H24FN. The highest BCUT2D eigenvalue weighted by Gasteiger charge is 2.13. The van der Waals surface area contributed by atoms with Crippen molar-refractivity contribution in [2.75, 3.05) is 7.05 Å². The predicted molar refractivity (Wildman–Crippen MR) is 87.0 cm³/mol. The molecule has 2 aromatic rings. The summed E-state index contributed by atoms with van der Waals surface area (Å²) in [6.07, 6.45) is 1.09. The number of halogens is 1. The highest BCUT2D eigenvalue weighted by Crippen LogP contribution is 2.24. The van der Waals surface area contributed by atoms with E-state index in [-0.39, 0.29) is 11.9 Å². The van der Waals surface area contributed by atoms with Gasteiger partial charge >= 0.3 is 0 Å². The molecule has 1 atom stereocenters. The van der Waals surface area contributed by atoms with E-state index in [1.54, 1.807) is 13.0 Å². The molecule has 0 amide bonds. The zero-order valence-corrected chi connectivity index (χ0v) is 13.3. The third kappa shape index (κ3) is 3.92. The number of aryl methyl sites for hydroxylation is 1. The summed E-state index contributed by atoms with van der Waals surface area (Å²) < 4.78 is 13.8. The van der Waals surface area contributed by atoms with Gasteiger partial charge in [-0.1, -0.05) is 50.2 Å². The SMILES string of the molecule is CNC(c1ccc(CC(C)C)cc1)c1ccc(C)c(F)c1. The lowest BCUT2D eigenvalue weighted by atomic mass is 9.95. The quantitative estimate of drug-likeness (QED) is 0.843. The first-order valence-corrected chi connectivity index (χ1v) is 7.53. The molecular weight excluding hydrogens is 261 g/mol.